The van der Waals surface area contributed by atoms with Gasteiger partial charge in [-0.1, -0.05) is 31.2 Å². The number of nitrogens with zero attached hydrogens (tertiary/aromatic N) is 1. The molecular weight excluding hydrogens is 260 g/mol. The summed E-state index contributed by atoms with van der Waals surface area (Å²) in [6.45, 7) is 5.01. The number of hydrogen-bond donors (Lipinski definition) is 1. The number of anilines is 2. The second kappa shape index (κ2) is 6.93. The summed E-state index contributed by atoms with van der Waals surface area (Å²) in [5.41, 5.74) is 3.65. The summed E-state index contributed by atoms with van der Waals surface area (Å²) in [6, 6.07) is 15.6. The van der Waals surface area contributed by atoms with E-state index in [0.717, 1.165) is 29.9 Å². The zero-order valence-corrected chi connectivity index (χ0v) is 12.9. The van der Waals surface area contributed by atoms with Crippen LogP contribution in [0.4, 0.5) is 11.4 Å². The van der Waals surface area contributed by atoms with Crippen LogP contribution in [0.25, 0.3) is 0 Å². The van der Waals surface area contributed by atoms with Crippen molar-refractivity contribution in [1.82, 2.24) is 0 Å². The maximum absolute atomic E-state index is 12.7. The molecule has 0 saturated carbocycles. The molecule has 0 fully saturated rings. The molecule has 0 saturated heterocycles. The number of aryl methyl sites for hydroxylation is 1. The van der Waals surface area contributed by atoms with E-state index in [-0.39, 0.29) is 5.91 Å². The number of amides is 1. The van der Waals surface area contributed by atoms with Gasteiger partial charge < -0.3 is 10.2 Å². The summed E-state index contributed by atoms with van der Waals surface area (Å²) in [7, 11) is 1.81. The van der Waals surface area contributed by atoms with E-state index < -0.39 is 0 Å². The highest BCUT2D eigenvalue weighted by atomic mass is 16.2. The van der Waals surface area contributed by atoms with Gasteiger partial charge in [0.15, 0.2) is 0 Å². The molecular formula is C18H22N2O. The molecule has 0 aliphatic heterocycles. The zero-order chi connectivity index (χ0) is 15.2. The molecule has 0 unspecified atom stereocenters. The van der Waals surface area contributed by atoms with Crippen molar-refractivity contribution >= 4 is 17.3 Å². The van der Waals surface area contributed by atoms with E-state index in [9.17, 15) is 4.79 Å². The molecule has 0 spiro atoms. The molecule has 0 bridgehead atoms. The van der Waals surface area contributed by atoms with Gasteiger partial charge in [0.05, 0.1) is 5.56 Å². The summed E-state index contributed by atoms with van der Waals surface area (Å²) in [6.07, 6.45) is 1.02. The molecule has 3 nitrogen and oxygen atoms in total. The van der Waals surface area contributed by atoms with E-state index in [4.69, 9.17) is 0 Å². The summed E-state index contributed by atoms with van der Waals surface area (Å²) < 4.78 is 0. The van der Waals surface area contributed by atoms with E-state index in [1.165, 1.54) is 0 Å². The molecule has 0 aliphatic rings. The number of benzene rings is 2. The van der Waals surface area contributed by atoms with E-state index in [1.54, 1.807) is 11.9 Å². The average Bonchev–Trinajstić information content (AvgIpc) is 2.52. The van der Waals surface area contributed by atoms with Gasteiger partial charge in [-0.3, -0.25) is 4.79 Å². The van der Waals surface area contributed by atoms with Crippen LogP contribution in [-0.2, 0) is 0 Å². The quantitative estimate of drug-likeness (QED) is 0.895. The fourth-order valence-corrected chi connectivity index (χ4v) is 2.20. The zero-order valence-electron chi connectivity index (χ0n) is 12.9. The smallest absolute Gasteiger partial charge is 0.260 e. The van der Waals surface area contributed by atoms with Crippen LogP contribution >= 0.6 is 0 Å². The number of para-hydroxylation sites is 1. The highest BCUT2D eigenvalue weighted by molar-refractivity contribution is 6.09. The first-order chi connectivity index (χ1) is 10.1. The van der Waals surface area contributed by atoms with Crippen LogP contribution in [0.3, 0.4) is 0 Å². The number of hydrogen-bond acceptors (Lipinski definition) is 2. The Hall–Kier alpha value is -2.29. The van der Waals surface area contributed by atoms with Crippen LogP contribution in [0.5, 0.6) is 0 Å². The highest BCUT2D eigenvalue weighted by Crippen LogP contribution is 2.22. The Morgan fingerprint density at radius 1 is 1.14 bits per heavy atom. The number of nitrogens with one attached hydrogen (secondary N) is 1. The van der Waals surface area contributed by atoms with Gasteiger partial charge >= 0.3 is 0 Å². The predicted octanol–water partition coefficient (Wildman–Crippen LogP) is 4.09. The Morgan fingerprint density at radius 2 is 1.86 bits per heavy atom. The van der Waals surface area contributed by atoms with Crippen molar-refractivity contribution in [2.24, 2.45) is 0 Å². The second-order valence-corrected chi connectivity index (χ2v) is 5.18. The van der Waals surface area contributed by atoms with Crippen molar-refractivity contribution in [2.45, 2.75) is 20.3 Å². The van der Waals surface area contributed by atoms with Crippen molar-refractivity contribution in [2.75, 3.05) is 23.8 Å². The van der Waals surface area contributed by atoms with Gasteiger partial charge in [-0.2, -0.15) is 0 Å². The summed E-state index contributed by atoms with van der Waals surface area (Å²) in [5.74, 6) is -0.000182. The van der Waals surface area contributed by atoms with E-state index in [0.29, 0.717) is 5.56 Å². The van der Waals surface area contributed by atoms with Crippen molar-refractivity contribution in [3.05, 3.63) is 59.7 Å². The fourth-order valence-electron chi connectivity index (χ4n) is 2.20. The van der Waals surface area contributed by atoms with Gasteiger partial charge in [0.1, 0.15) is 0 Å². The van der Waals surface area contributed by atoms with Crippen molar-refractivity contribution < 1.29 is 4.79 Å². The van der Waals surface area contributed by atoms with Crippen LogP contribution in [0.15, 0.2) is 48.5 Å². The van der Waals surface area contributed by atoms with Gasteiger partial charge in [-0.25, -0.2) is 0 Å². The van der Waals surface area contributed by atoms with Crippen LogP contribution in [0, 0.1) is 6.92 Å². The maximum atomic E-state index is 12.7. The van der Waals surface area contributed by atoms with Crippen LogP contribution in [-0.4, -0.2) is 19.5 Å². The number of carbonyl (C=O) groups excluding carboxylic acids is 1. The lowest BCUT2D eigenvalue weighted by Gasteiger charge is -2.20. The SMILES string of the molecule is CCCNc1cc(C)ccc1C(=O)N(C)c1ccccc1. The Balaban J connectivity index is 2.30. The van der Waals surface area contributed by atoms with E-state index >= 15 is 0 Å². The predicted molar refractivity (Wildman–Crippen MR) is 89.1 cm³/mol. The first-order valence-corrected chi connectivity index (χ1v) is 7.31. The summed E-state index contributed by atoms with van der Waals surface area (Å²) >= 11 is 0. The topological polar surface area (TPSA) is 32.3 Å². The normalized spacial score (nSPS) is 10.2. The van der Waals surface area contributed by atoms with Crippen LogP contribution < -0.4 is 10.2 Å². The third kappa shape index (κ3) is 3.63. The van der Waals surface area contributed by atoms with Gasteiger partial charge in [0.2, 0.25) is 0 Å². The molecule has 3 heteroatoms. The van der Waals surface area contributed by atoms with Crippen LogP contribution in [0.2, 0.25) is 0 Å². The fraction of sp³-hybridized carbons (Fsp3) is 0.278. The Kier molecular flexibility index (Phi) is 4.99. The van der Waals surface area contributed by atoms with E-state index in [2.05, 4.69) is 12.2 Å². The monoisotopic (exact) mass is 282 g/mol. The molecule has 2 aromatic carbocycles. The van der Waals surface area contributed by atoms with Crippen molar-refractivity contribution in [3.63, 3.8) is 0 Å². The van der Waals surface area contributed by atoms with Crippen molar-refractivity contribution in [3.8, 4) is 0 Å². The lowest BCUT2D eigenvalue weighted by atomic mass is 10.1. The van der Waals surface area contributed by atoms with E-state index in [1.807, 2.05) is 55.5 Å². The molecule has 110 valence electrons. The minimum absolute atomic E-state index is 0.000182. The van der Waals surface area contributed by atoms with Gasteiger partial charge in [-0.15, -0.1) is 0 Å². The molecule has 0 radical (unpaired) electrons. The van der Waals surface area contributed by atoms with Gasteiger partial charge in [-0.05, 0) is 43.2 Å². The Labute approximate surface area is 126 Å². The first-order valence-electron chi connectivity index (χ1n) is 7.31. The Morgan fingerprint density at radius 3 is 2.52 bits per heavy atom. The third-order valence-electron chi connectivity index (χ3n) is 3.42. The lowest BCUT2D eigenvalue weighted by molar-refractivity contribution is 0.0994. The van der Waals surface area contributed by atoms with Crippen molar-refractivity contribution in [1.29, 1.82) is 0 Å². The van der Waals surface area contributed by atoms with Gasteiger partial charge in [0, 0.05) is 25.0 Å². The minimum Gasteiger partial charge on any atom is -0.384 e. The molecule has 1 N–H and O–H groups in total. The molecule has 0 aromatic heterocycles. The molecule has 2 rings (SSSR count). The molecule has 0 aliphatic carbocycles. The molecule has 2 aromatic rings. The molecule has 0 atom stereocenters. The number of carbonyl (C=O) groups is 1. The van der Waals surface area contributed by atoms with Gasteiger partial charge in [0.25, 0.3) is 5.91 Å². The average molecular weight is 282 g/mol. The highest BCUT2D eigenvalue weighted by Gasteiger charge is 2.16. The summed E-state index contributed by atoms with van der Waals surface area (Å²) in [5, 5.41) is 3.34. The molecule has 1 amide bonds. The second-order valence-electron chi connectivity index (χ2n) is 5.18. The number of rotatable bonds is 5. The standard InChI is InChI=1S/C18H22N2O/c1-4-12-19-17-13-14(2)10-11-16(17)18(21)20(3)15-8-6-5-7-9-15/h5-11,13,19H,4,12H2,1-3H3. The van der Waals surface area contributed by atoms with Crippen LogP contribution in [0.1, 0.15) is 29.3 Å². The Bertz CT molecular complexity index is 608. The minimum atomic E-state index is -0.000182. The largest absolute Gasteiger partial charge is 0.384 e. The summed E-state index contributed by atoms with van der Waals surface area (Å²) in [4.78, 5) is 14.4. The molecule has 21 heavy (non-hydrogen) atoms. The maximum Gasteiger partial charge on any atom is 0.260 e. The first kappa shape index (κ1) is 15.1. The lowest BCUT2D eigenvalue weighted by Crippen LogP contribution is -2.27. The third-order valence-corrected chi connectivity index (χ3v) is 3.42. The molecule has 0 heterocycles.